The first-order valence-corrected chi connectivity index (χ1v) is 13.4. The third kappa shape index (κ3) is 7.52. The molecule has 0 aliphatic carbocycles. The van der Waals surface area contributed by atoms with Crippen molar-refractivity contribution >= 4 is 31.8 Å². The van der Waals surface area contributed by atoms with Gasteiger partial charge in [0, 0.05) is 6.20 Å². The topological polar surface area (TPSA) is 147 Å². The molecule has 1 aliphatic rings. The van der Waals surface area contributed by atoms with Crippen molar-refractivity contribution in [1.82, 2.24) is 14.6 Å². The second-order valence-corrected chi connectivity index (χ2v) is 10.8. The average molecular weight is 581 g/mol. The lowest BCUT2D eigenvalue weighted by atomic mass is 9.99. The standard InChI is InChI=1S/C22H28F3N4O7PS/c1-12(2)34-20(31)13(3)28-37(32,36-14-7-5-4-6-8-14)33-11-15-18(30)17(22(23,24)25)19(35-15)29-10-9-16(26)27-21(29)38/h4-10,12-13,15,17-19,30H,11H2,1-3H3,(H,28,32)(H2,26,27,38)/t13-,15+,17?,18?,19+,37?/m0/s1. The Morgan fingerprint density at radius 3 is 2.53 bits per heavy atom. The summed E-state index contributed by atoms with van der Waals surface area (Å²) in [6.07, 6.45) is -9.76. The summed E-state index contributed by atoms with van der Waals surface area (Å²) < 4.78 is 77.5. The number of anilines is 1. The Hall–Kier alpha value is -2.55. The van der Waals surface area contributed by atoms with Gasteiger partial charge in [-0.1, -0.05) is 18.2 Å². The number of nitrogens with one attached hydrogen (secondary N) is 1. The van der Waals surface area contributed by atoms with Crippen molar-refractivity contribution in [3.8, 4) is 5.75 Å². The van der Waals surface area contributed by atoms with E-state index < -0.39 is 63.0 Å². The molecule has 1 aliphatic heterocycles. The molecule has 0 spiro atoms. The molecule has 4 N–H and O–H groups in total. The van der Waals surface area contributed by atoms with E-state index in [0.717, 1.165) is 10.8 Å². The molecule has 0 radical (unpaired) electrons. The molecule has 0 saturated carbocycles. The van der Waals surface area contributed by atoms with Crippen LogP contribution in [-0.4, -0.2) is 57.8 Å². The maximum atomic E-state index is 13.9. The molecular formula is C22H28F3N4O7PS. The molecule has 6 atom stereocenters. The van der Waals surface area contributed by atoms with Gasteiger partial charge in [-0.2, -0.15) is 18.3 Å². The molecule has 2 aromatic rings. The maximum absolute atomic E-state index is 13.9. The number of nitrogen functional groups attached to an aromatic ring is 1. The number of para-hydroxylation sites is 1. The van der Waals surface area contributed by atoms with Crippen molar-refractivity contribution in [2.75, 3.05) is 12.3 Å². The number of alkyl halides is 3. The number of ether oxygens (including phenoxy) is 2. The molecule has 3 rings (SSSR count). The van der Waals surface area contributed by atoms with Crippen molar-refractivity contribution in [2.45, 2.75) is 57.5 Å². The highest BCUT2D eigenvalue weighted by atomic mass is 32.1. The predicted molar refractivity (Wildman–Crippen MR) is 131 cm³/mol. The predicted octanol–water partition coefficient (Wildman–Crippen LogP) is 3.76. The van der Waals surface area contributed by atoms with Crippen LogP contribution in [-0.2, 0) is 23.4 Å². The number of carbonyl (C=O) groups is 1. The molecule has 1 fully saturated rings. The van der Waals surface area contributed by atoms with E-state index in [1.165, 1.54) is 25.1 Å². The number of esters is 1. The number of nitrogens with two attached hydrogens (primary N) is 1. The Bertz CT molecular complexity index is 1220. The molecule has 0 bridgehead atoms. The second-order valence-electron chi connectivity index (χ2n) is 8.70. The van der Waals surface area contributed by atoms with Crippen LogP contribution in [0.5, 0.6) is 5.75 Å². The van der Waals surface area contributed by atoms with Crippen LogP contribution in [0.3, 0.4) is 0 Å². The quantitative estimate of drug-likeness (QED) is 0.214. The molecular weight excluding hydrogens is 552 g/mol. The van der Waals surface area contributed by atoms with E-state index in [-0.39, 0.29) is 16.3 Å². The summed E-state index contributed by atoms with van der Waals surface area (Å²) in [5.41, 5.74) is 5.54. The van der Waals surface area contributed by atoms with E-state index in [1.807, 2.05) is 0 Å². The lowest BCUT2D eigenvalue weighted by molar-refractivity contribution is -0.211. The highest BCUT2D eigenvalue weighted by Crippen LogP contribution is 2.49. The van der Waals surface area contributed by atoms with Gasteiger partial charge in [0.15, 0.2) is 6.23 Å². The summed E-state index contributed by atoms with van der Waals surface area (Å²) in [5.74, 6) is -3.11. The second kappa shape index (κ2) is 12.1. The largest absolute Gasteiger partial charge is 0.462 e. The minimum atomic E-state index is -4.91. The van der Waals surface area contributed by atoms with Crippen molar-refractivity contribution in [1.29, 1.82) is 0 Å². The molecule has 1 saturated heterocycles. The molecule has 1 aromatic heterocycles. The number of hydrogen-bond acceptors (Lipinski definition) is 10. The van der Waals surface area contributed by atoms with Gasteiger partial charge in [0.2, 0.25) is 4.77 Å². The van der Waals surface area contributed by atoms with Crippen LogP contribution in [0.15, 0.2) is 42.6 Å². The van der Waals surface area contributed by atoms with Gasteiger partial charge in [0.1, 0.15) is 29.6 Å². The highest BCUT2D eigenvalue weighted by Gasteiger charge is 2.58. The van der Waals surface area contributed by atoms with Crippen LogP contribution in [0.4, 0.5) is 19.0 Å². The van der Waals surface area contributed by atoms with Crippen LogP contribution in [0.25, 0.3) is 0 Å². The lowest BCUT2D eigenvalue weighted by Crippen LogP contribution is -2.40. The number of aliphatic hydroxyl groups excluding tert-OH is 1. The Morgan fingerprint density at radius 1 is 1.29 bits per heavy atom. The van der Waals surface area contributed by atoms with Crippen molar-refractivity contribution in [3.63, 3.8) is 0 Å². The fourth-order valence-electron chi connectivity index (χ4n) is 3.60. The first-order valence-electron chi connectivity index (χ1n) is 11.4. The fourth-order valence-corrected chi connectivity index (χ4v) is 5.37. The van der Waals surface area contributed by atoms with Gasteiger partial charge in [-0.15, -0.1) is 0 Å². The van der Waals surface area contributed by atoms with Crippen LogP contribution < -0.4 is 15.3 Å². The van der Waals surface area contributed by atoms with Gasteiger partial charge < -0.3 is 24.8 Å². The van der Waals surface area contributed by atoms with Crippen LogP contribution in [0.2, 0.25) is 0 Å². The van der Waals surface area contributed by atoms with E-state index in [1.54, 1.807) is 32.0 Å². The van der Waals surface area contributed by atoms with Crippen LogP contribution >= 0.6 is 20.0 Å². The monoisotopic (exact) mass is 580 g/mol. The van der Waals surface area contributed by atoms with Gasteiger partial charge in [-0.3, -0.25) is 13.9 Å². The molecule has 38 heavy (non-hydrogen) atoms. The third-order valence-electron chi connectivity index (χ3n) is 5.31. The van der Waals surface area contributed by atoms with E-state index >= 15 is 0 Å². The Balaban J connectivity index is 1.84. The first-order chi connectivity index (χ1) is 17.7. The summed E-state index contributed by atoms with van der Waals surface area (Å²) in [7, 11) is -4.42. The number of aromatic nitrogens is 2. The van der Waals surface area contributed by atoms with Gasteiger partial charge in [0.05, 0.1) is 18.8 Å². The summed E-state index contributed by atoms with van der Waals surface area (Å²) in [6, 6.07) is 7.81. The number of rotatable bonds is 10. The molecule has 3 unspecified atom stereocenters. The van der Waals surface area contributed by atoms with Gasteiger partial charge in [0.25, 0.3) is 0 Å². The smallest absolute Gasteiger partial charge is 0.459 e. The summed E-state index contributed by atoms with van der Waals surface area (Å²) >= 11 is 5.02. The number of benzene rings is 1. The van der Waals surface area contributed by atoms with E-state index in [0.29, 0.717) is 0 Å². The van der Waals surface area contributed by atoms with E-state index in [2.05, 4.69) is 10.1 Å². The Kier molecular flexibility index (Phi) is 9.55. The molecule has 210 valence electrons. The molecule has 16 heteroatoms. The third-order valence-corrected chi connectivity index (χ3v) is 7.25. The average Bonchev–Trinajstić information content (AvgIpc) is 3.14. The van der Waals surface area contributed by atoms with Gasteiger partial charge in [-0.25, -0.2) is 9.55 Å². The minimum absolute atomic E-state index is 0.0107. The molecule has 1 aromatic carbocycles. The number of carbonyl (C=O) groups excluding carboxylic acids is 1. The number of hydrogen-bond donors (Lipinski definition) is 3. The molecule has 2 heterocycles. The normalized spacial score (nSPS) is 24.1. The van der Waals surface area contributed by atoms with Gasteiger partial charge in [-0.05, 0) is 51.2 Å². The zero-order valence-corrected chi connectivity index (χ0v) is 22.3. The molecule has 0 amide bonds. The fraction of sp³-hybridized carbons (Fsp3) is 0.500. The van der Waals surface area contributed by atoms with Crippen molar-refractivity contribution in [2.24, 2.45) is 5.92 Å². The Morgan fingerprint density at radius 2 is 1.95 bits per heavy atom. The van der Waals surface area contributed by atoms with Crippen molar-refractivity contribution < 1.29 is 46.2 Å². The minimum Gasteiger partial charge on any atom is -0.462 e. The summed E-state index contributed by atoms with van der Waals surface area (Å²) in [5, 5.41) is 13.0. The highest BCUT2D eigenvalue weighted by molar-refractivity contribution is 7.71. The zero-order chi connectivity index (χ0) is 28.3. The first kappa shape index (κ1) is 30.0. The van der Waals surface area contributed by atoms with Crippen molar-refractivity contribution in [3.05, 3.63) is 47.4 Å². The van der Waals surface area contributed by atoms with Crippen LogP contribution in [0.1, 0.15) is 27.0 Å². The SMILES string of the molecule is CC(C)OC(=O)[C@H](C)NP(=O)(OC[C@H]1O[C@@H](n2ccc(N)nc2=S)C(C(F)(F)F)C1O)Oc1ccccc1. The summed E-state index contributed by atoms with van der Waals surface area (Å²) in [4.78, 5) is 16.0. The number of nitrogens with zero attached hydrogens (tertiary/aromatic N) is 2. The molecule has 11 nitrogen and oxygen atoms in total. The zero-order valence-electron chi connectivity index (χ0n) is 20.6. The summed E-state index contributed by atoms with van der Waals surface area (Å²) in [6.45, 7) is 3.79. The van der Waals surface area contributed by atoms with E-state index in [9.17, 15) is 27.6 Å². The maximum Gasteiger partial charge on any atom is 0.459 e. The van der Waals surface area contributed by atoms with Crippen LogP contribution in [0, 0.1) is 10.7 Å². The van der Waals surface area contributed by atoms with E-state index in [4.69, 9.17) is 36.5 Å². The van der Waals surface area contributed by atoms with Gasteiger partial charge >= 0.3 is 19.9 Å². The Labute approximate surface area is 221 Å². The number of halogens is 3. The lowest BCUT2D eigenvalue weighted by Gasteiger charge is -2.25. The number of aliphatic hydroxyl groups is 1.